The smallest absolute Gasteiger partial charge is 0.459 e. The van der Waals surface area contributed by atoms with Gasteiger partial charge in [0.15, 0.2) is 6.10 Å². The molecule has 14 heteroatoms. The maximum atomic E-state index is 13.5. The van der Waals surface area contributed by atoms with Crippen LogP contribution in [0.1, 0.15) is 45.6 Å². The summed E-state index contributed by atoms with van der Waals surface area (Å²) in [5.74, 6) is -12.2. The Morgan fingerprint density at radius 1 is 0.974 bits per heavy atom. The molecule has 1 aromatic carbocycles. The lowest BCUT2D eigenvalue weighted by molar-refractivity contribution is -0.355. The maximum Gasteiger partial charge on any atom is 0.459 e. The molecule has 1 N–H and O–H groups in total. The van der Waals surface area contributed by atoms with E-state index in [1.54, 1.807) is 45.0 Å². The fraction of sp³-hybridized carbons (Fsp3) is 0.667. The molecule has 38 heavy (non-hydrogen) atoms. The van der Waals surface area contributed by atoms with Gasteiger partial charge in [-0.2, -0.15) is 30.7 Å². The van der Waals surface area contributed by atoms with Gasteiger partial charge in [-0.3, -0.25) is 0 Å². The number of carboxylic acids is 1. The molecule has 0 bridgehead atoms. The number of carboxylic acid groups (broad SMARTS) is 1. The van der Waals surface area contributed by atoms with Crippen molar-refractivity contribution < 1.29 is 59.6 Å². The van der Waals surface area contributed by atoms with Gasteiger partial charge in [0.1, 0.15) is 12.4 Å². The van der Waals surface area contributed by atoms with Crippen molar-refractivity contribution in [3.05, 3.63) is 29.8 Å². The van der Waals surface area contributed by atoms with Crippen LogP contribution < -0.4 is 4.74 Å². The van der Waals surface area contributed by atoms with Gasteiger partial charge in [-0.1, -0.05) is 12.1 Å². The van der Waals surface area contributed by atoms with Crippen molar-refractivity contribution in [2.45, 2.75) is 76.7 Å². The number of unbranched alkanes of at least 4 members (excludes halogenated alkanes) is 1. The normalized spacial score (nSPS) is 13.3. The summed E-state index contributed by atoms with van der Waals surface area (Å²) in [5, 5.41) is 9.16. The number of hydrogen-bond acceptors (Lipinski definition) is 5. The van der Waals surface area contributed by atoms with E-state index in [0.29, 0.717) is 11.3 Å². The standard InChI is InChI=1S/C24H32F7NO6/c1-4-36-19(20(33)34)15-17-7-9-18(10-8-17)37-14-13-32(21(35)38-16(2)3)12-6-5-11-22(25,26)23(27,28)24(29,30)31/h7-10,16,19H,4-6,11-15H2,1-3H3,(H,33,34). The van der Waals surface area contributed by atoms with Gasteiger partial charge in [-0.05, 0) is 51.3 Å². The minimum Gasteiger partial charge on any atom is -0.492 e. The summed E-state index contributed by atoms with van der Waals surface area (Å²) in [6.45, 7) is 4.63. The van der Waals surface area contributed by atoms with Gasteiger partial charge in [0.2, 0.25) is 0 Å². The minimum absolute atomic E-state index is 0.0778. The highest BCUT2D eigenvalue weighted by Gasteiger charge is 2.72. The van der Waals surface area contributed by atoms with Gasteiger partial charge in [0, 0.05) is 26.0 Å². The lowest BCUT2D eigenvalue weighted by Gasteiger charge is -2.28. The Morgan fingerprint density at radius 2 is 1.58 bits per heavy atom. The Balaban J connectivity index is 2.67. The van der Waals surface area contributed by atoms with Crippen LogP contribution in [0.15, 0.2) is 24.3 Å². The van der Waals surface area contributed by atoms with E-state index in [1.165, 1.54) is 0 Å². The zero-order chi connectivity index (χ0) is 29.1. The summed E-state index contributed by atoms with van der Waals surface area (Å²) >= 11 is 0. The van der Waals surface area contributed by atoms with E-state index >= 15 is 0 Å². The van der Waals surface area contributed by atoms with Gasteiger partial charge in [-0.15, -0.1) is 0 Å². The van der Waals surface area contributed by atoms with Crippen LogP contribution in [0.3, 0.4) is 0 Å². The van der Waals surface area contributed by atoms with Crippen LogP contribution >= 0.6 is 0 Å². The first-order valence-corrected chi connectivity index (χ1v) is 11.9. The van der Waals surface area contributed by atoms with Gasteiger partial charge < -0.3 is 24.2 Å². The largest absolute Gasteiger partial charge is 0.492 e. The molecule has 0 aromatic heterocycles. The van der Waals surface area contributed by atoms with Gasteiger partial charge >= 0.3 is 30.1 Å². The fourth-order valence-corrected chi connectivity index (χ4v) is 3.21. The number of carbonyl (C=O) groups is 2. The number of benzene rings is 1. The lowest BCUT2D eigenvalue weighted by Crippen LogP contribution is -2.51. The topological polar surface area (TPSA) is 85.3 Å². The second-order valence-corrected chi connectivity index (χ2v) is 8.63. The third-order valence-electron chi connectivity index (χ3n) is 5.20. The van der Waals surface area contributed by atoms with E-state index in [0.717, 1.165) is 4.90 Å². The Labute approximate surface area is 215 Å². The zero-order valence-electron chi connectivity index (χ0n) is 21.2. The van der Waals surface area contributed by atoms with Crippen molar-refractivity contribution in [3.63, 3.8) is 0 Å². The number of hydrogen-bond donors (Lipinski definition) is 1. The number of ether oxygens (including phenoxy) is 3. The van der Waals surface area contributed by atoms with Crippen molar-refractivity contribution >= 4 is 12.1 Å². The predicted molar refractivity (Wildman–Crippen MR) is 122 cm³/mol. The van der Waals surface area contributed by atoms with Crippen LogP contribution in [0, 0.1) is 0 Å². The van der Waals surface area contributed by atoms with E-state index in [4.69, 9.17) is 19.3 Å². The molecule has 0 spiro atoms. The first kappa shape index (κ1) is 33.3. The Hall–Kier alpha value is -2.77. The Bertz CT molecular complexity index is 878. The Morgan fingerprint density at radius 3 is 2.08 bits per heavy atom. The number of amides is 1. The molecule has 0 saturated carbocycles. The third-order valence-corrected chi connectivity index (χ3v) is 5.20. The van der Waals surface area contributed by atoms with Crippen LogP contribution in [0.2, 0.25) is 0 Å². The summed E-state index contributed by atoms with van der Waals surface area (Å²) in [4.78, 5) is 24.6. The molecule has 1 rings (SSSR count). The average molecular weight is 564 g/mol. The number of carbonyl (C=O) groups excluding carboxylic acids is 1. The van der Waals surface area contributed by atoms with Gasteiger partial charge in [0.25, 0.3) is 0 Å². The molecule has 0 aliphatic heterocycles. The molecule has 0 saturated heterocycles. The van der Waals surface area contributed by atoms with Crippen molar-refractivity contribution in [2.24, 2.45) is 0 Å². The first-order valence-electron chi connectivity index (χ1n) is 11.9. The summed E-state index contributed by atoms with van der Waals surface area (Å²) in [6, 6.07) is 6.40. The molecule has 0 heterocycles. The van der Waals surface area contributed by atoms with E-state index in [2.05, 4.69) is 0 Å². The molecule has 218 valence electrons. The predicted octanol–water partition coefficient (Wildman–Crippen LogP) is 5.95. The van der Waals surface area contributed by atoms with Crippen LogP contribution in [-0.2, 0) is 20.7 Å². The molecule has 0 aliphatic rings. The van der Waals surface area contributed by atoms with Crippen molar-refractivity contribution in [3.8, 4) is 5.75 Å². The van der Waals surface area contributed by atoms with Crippen LogP contribution in [0.25, 0.3) is 0 Å². The number of alkyl halides is 7. The highest BCUT2D eigenvalue weighted by molar-refractivity contribution is 5.72. The average Bonchev–Trinajstić information content (AvgIpc) is 2.79. The number of nitrogens with zero attached hydrogens (tertiary/aromatic N) is 1. The van der Waals surface area contributed by atoms with E-state index < -0.39 is 55.1 Å². The van der Waals surface area contributed by atoms with Crippen molar-refractivity contribution in [1.82, 2.24) is 4.90 Å². The van der Waals surface area contributed by atoms with Crippen LogP contribution in [0.4, 0.5) is 35.5 Å². The molecule has 0 aliphatic carbocycles. The summed E-state index contributed by atoms with van der Waals surface area (Å²) < 4.78 is 106. The first-order chi connectivity index (χ1) is 17.5. The number of rotatable bonds is 16. The maximum absolute atomic E-state index is 13.5. The molecule has 1 atom stereocenters. The molecular weight excluding hydrogens is 531 g/mol. The van der Waals surface area contributed by atoms with Crippen molar-refractivity contribution in [1.29, 1.82) is 0 Å². The quantitative estimate of drug-likeness (QED) is 0.198. The number of halogens is 7. The summed E-state index contributed by atoms with van der Waals surface area (Å²) in [6.07, 6.45) is -11.3. The molecule has 0 fully saturated rings. The molecule has 0 radical (unpaired) electrons. The SMILES string of the molecule is CCOC(Cc1ccc(OCCN(CCCCC(F)(F)C(F)(F)C(F)(F)F)C(=O)OC(C)C)cc1)C(=O)O. The van der Waals surface area contributed by atoms with E-state index in [1.807, 2.05) is 0 Å². The van der Waals surface area contributed by atoms with Crippen LogP contribution in [0.5, 0.6) is 5.75 Å². The molecule has 1 unspecified atom stereocenters. The fourth-order valence-electron chi connectivity index (χ4n) is 3.21. The van der Waals surface area contributed by atoms with E-state index in [-0.39, 0.29) is 39.1 Å². The number of aliphatic carboxylic acids is 1. The summed E-state index contributed by atoms with van der Waals surface area (Å²) in [7, 11) is 0. The monoisotopic (exact) mass is 563 g/mol. The second kappa shape index (κ2) is 14.4. The second-order valence-electron chi connectivity index (χ2n) is 8.63. The summed E-state index contributed by atoms with van der Waals surface area (Å²) in [5.41, 5.74) is 0.674. The van der Waals surface area contributed by atoms with Crippen molar-refractivity contribution in [2.75, 3.05) is 26.3 Å². The highest BCUT2D eigenvalue weighted by atomic mass is 19.4. The lowest BCUT2D eigenvalue weighted by atomic mass is 10.0. The highest BCUT2D eigenvalue weighted by Crippen LogP contribution is 2.48. The molecular formula is C24H32F7NO6. The molecule has 1 amide bonds. The van der Waals surface area contributed by atoms with Gasteiger partial charge in [0.05, 0.1) is 12.6 Å². The van der Waals surface area contributed by atoms with Crippen LogP contribution in [-0.4, -0.2) is 78.6 Å². The third kappa shape index (κ3) is 10.2. The molecule has 7 nitrogen and oxygen atoms in total. The molecule has 1 aromatic rings. The van der Waals surface area contributed by atoms with Gasteiger partial charge in [-0.25, -0.2) is 9.59 Å². The Kier molecular flexibility index (Phi) is 12.6. The zero-order valence-corrected chi connectivity index (χ0v) is 21.2. The van der Waals surface area contributed by atoms with E-state index in [9.17, 15) is 40.3 Å². The minimum atomic E-state index is -6.39.